The molecule has 0 aromatic heterocycles. The van der Waals surface area contributed by atoms with Gasteiger partial charge in [0.25, 0.3) is 0 Å². The maximum Gasteiger partial charge on any atom is 0.237 e. The largest absolute Gasteiger partial charge is 0.353 e. The Morgan fingerprint density at radius 2 is 2.50 bits per heavy atom. The SMILES string of the molecule is CC1C(=O)NCCN1CCCN. The molecule has 0 radical (unpaired) electrons. The van der Waals surface area contributed by atoms with Crippen molar-refractivity contribution in [1.82, 2.24) is 10.2 Å². The van der Waals surface area contributed by atoms with Crippen LogP contribution in [0.15, 0.2) is 0 Å². The van der Waals surface area contributed by atoms with Crippen molar-refractivity contribution in [3.8, 4) is 0 Å². The monoisotopic (exact) mass is 171 g/mol. The van der Waals surface area contributed by atoms with Crippen LogP contribution in [0.25, 0.3) is 0 Å². The van der Waals surface area contributed by atoms with Crippen molar-refractivity contribution in [2.75, 3.05) is 26.2 Å². The van der Waals surface area contributed by atoms with E-state index in [-0.39, 0.29) is 11.9 Å². The molecule has 1 atom stereocenters. The van der Waals surface area contributed by atoms with Crippen LogP contribution < -0.4 is 11.1 Å². The molecule has 4 nitrogen and oxygen atoms in total. The van der Waals surface area contributed by atoms with Gasteiger partial charge >= 0.3 is 0 Å². The lowest BCUT2D eigenvalue weighted by Crippen LogP contribution is -2.54. The predicted molar refractivity (Wildman–Crippen MR) is 47.7 cm³/mol. The molecule has 1 aliphatic rings. The molecule has 1 saturated heterocycles. The van der Waals surface area contributed by atoms with Gasteiger partial charge in [-0.1, -0.05) is 0 Å². The van der Waals surface area contributed by atoms with Crippen LogP contribution in [0.5, 0.6) is 0 Å². The van der Waals surface area contributed by atoms with Crippen LogP contribution in [0.2, 0.25) is 0 Å². The van der Waals surface area contributed by atoms with Gasteiger partial charge < -0.3 is 11.1 Å². The number of nitrogens with two attached hydrogens (primary N) is 1. The van der Waals surface area contributed by atoms with E-state index >= 15 is 0 Å². The van der Waals surface area contributed by atoms with Crippen molar-refractivity contribution in [2.45, 2.75) is 19.4 Å². The van der Waals surface area contributed by atoms with E-state index in [1.807, 2.05) is 6.92 Å². The third kappa shape index (κ3) is 2.19. The highest BCUT2D eigenvalue weighted by atomic mass is 16.2. The Bertz CT molecular complexity index is 160. The first-order chi connectivity index (χ1) is 5.75. The first-order valence-electron chi connectivity index (χ1n) is 4.47. The Hall–Kier alpha value is -0.610. The number of nitrogens with one attached hydrogen (secondary N) is 1. The van der Waals surface area contributed by atoms with Crippen molar-refractivity contribution in [1.29, 1.82) is 0 Å². The van der Waals surface area contributed by atoms with Crippen molar-refractivity contribution < 1.29 is 4.79 Å². The van der Waals surface area contributed by atoms with Crippen LogP contribution in [0.4, 0.5) is 0 Å². The summed E-state index contributed by atoms with van der Waals surface area (Å²) in [5.74, 6) is 0.137. The lowest BCUT2D eigenvalue weighted by atomic mass is 10.2. The highest BCUT2D eigenvalue weighted by Gasteiger charge is 2.24. The Morgan fingerprint density at radius 1 is 1.75 bits per heavy atom. The molecule has 1 aliphatic heterocycles. The summed E-state index contributed by atoms with van der Waals surface area (Å²) in [5.41, 5.74) is 5.40. The summed E-state index contributed by atoms with van der Waals surface area (Å²) in [6.45, 7) is 5.29. The van der Waals surface area contributed by atoms with Crippen molar-refractivity contribution in [2.24, 2.45) is 5.73 Å². The van der Waals surface area contributed by atoms with Crippen LogP contribution in [0.3, 0.4) is 0 Å². The third-order valence-electron chi connectivity index (χ3n) is 2.27. The molecule has 0 aromatic rings. The summed E-state index contributed by atoms with van der Waals surface area (Å²) in [6, 6.07) is 0.0188. The molecule has 1 unspecified atom stereocenters. The molecule has 1 fully saturated rings. The fourth-order valence-electron chi connectivity index (χ4n) is 1.43. The first kappa shape index (κ1) is 9.48. The van der Waals surface area contributed by atoms with Gasteiger partial charge in [0.1, 0.15) is 0 Å². The van der Waals surface area contributed by atoms with Gasteiger partial charge in [-0.25, -0.2) is 0 Å². The highest BCUT2D eigenvalue weighted by molar-refractivity contribution is 5.81. The van der Waals surface area contributed by atoms with Crippen molar-refractivity contribution >= 4 is 5.91 Å². The minimum atomic E-state index is 0.0188. The van der Waals surface area contributed by atoms with E-state index in [4.69, 9.17) is 5.73 Å². The zero-order valence-electron chi connectivity index (χ0n) is 7.55. The standard InChI is InChI=1S/C8H17N3O/c1-7-8(12)10-4-6-11(7)5-2-3-9/h7H,2-6,9H2,1H3,(H,10,12). The number of hydrogen-bond acceptors (Lipinski definition) is 3. The van der Waals surface area contributed by atoms with Gasteiger partial charge in [0, 0.05) is 19.6 Å². The number of piperazine rings is 1. The summed E-state index contributed by atoms with van der Waals surface area (Å²) in [7, 11) is 0. The third-order valence-corrected chi connectivity index (χ3v) is 2.27. The van der Waals surface area contributed by atoms with E-state index < -0.39 is 0 Å². The van der Waals surface area contributed by atoms with Gasteiger partial charge in [-0.15, -0.1) is 0 Å². The van der Waals surface area contributed by atoms with Crippen LogP contribution in [-0.2, 0) is 4.79 Å². The van der Waals surface area contributed by atoms with Crippen molar-refractivity contribution in [3.05, 3.63) is 0 Å². The highest BCUT2D eigenvalue weighted by Crippen LogP contribution is 2.03. The summed E-state index contributed by atoms with van der Waals surface area (Å²) in [4.78, 5) is 13.4. The molecule has 4 heteroatoms. The minimum Gasteiger partial charge on any atom is -0.353 e. The topological polar surface area (TPSA) is 58.4 Å². The van der Waals surface area contributed by atoms with Crippen LogP contribution in [-0.4, -0.2) is 43.0 Å². The second kappa shape index (κ2) is 4.42. The Balaban J connectivity index is 2.35. The van der Waals surface area contributed by atoms with Gasteiger partial charge in [0.15, 0.2) is 0 Å². The normalized spacial score (nSPS) is 25.5. The molecule has 0 aliphatic carbocycles. The van der Waals surface area contributed by atoms with Gasteiger partial charge in [-0.05, 0) is 19.9 Å². The molecular weight excluding hydrogens is 154 g/mol. The predicted octanol–water partition coefficient (Wildman–Crippen LogP) is -0.844. The van der Waals surface area contributed by atoms with E-state index in [1.165, 1.54) is 0 Å². The Labute approximate surface area is 73.1 Å². The Morgan fingerprint density at radius 3 is 3.17 bits per heavy atom. The number of carbonyl (C=O) groups excluding carboxylic acids is 1. The molecule has 1 amide bonds. The van der Waals surface area contributed by atoms with E-state index in [2.05, 4.69) is 10.2 Å². The lowest BCUT2D eigenvalue weighted by molar-refractivity contribution is -0.128. The zero-order chi connectivity index (χ0) is 8.97. The zero-order valence-corrected chi connectivity index (χ0v) is 7.55. The quantitative estimate of drug-likeness (QED) is 0.582. The van der Waals surface area contributed by atoms with Crippen LogP contribution in [0.1, 0.15) is 13.3 Å². The lowest BCUT2D eigenvalue weighted by Gasteiger charge is -2.32. The molecule has 0 bridgehead atoms. The number of nitrogens with zero attached hydrogens (tertiary/aromatic N) is 1. The fraction of sp³-hybridized carbons (Fsp3) is 0.875. The van der Waals surface area contributed by atoms with Crippen LogP contribution >= 0.6 is 0 Å². The molecule has 70 valence electrons. The molecule has 0 saturated carbocycles. The van der Waals surface area contributed by atoms with Gasteiger partial charge in [0.2, 0.25) is 5.91 Å². The number of hydrogen-bond donors (Lipinski definition) is 2. The van der Waals surface area contributed by atoms with E-state index in [0.717, 1.165) is 26.1 Å². The molecule has 0 aromatic carbocycles. The summed E-state index contributed by atoms with van der Waals surface area (Å²) < 4.78 is 0. The number of rotatable bonds is 3. The molecule has 12 heavy (non-hydrogen) atoms. The minimum absolute atomic E-state index is 0.0188. The molecule has 1 heterocycles. The Kier molecular flexibility index (Phi) is 3.49. The van der Waals surface area contributed by atoms with E-state index in [0.29, 0.717) is 6.54 Å². The average molecular weight is 171 g/mol. The van der Waals surface area contributed by atoms with E-state index in [9.17, 15) is 4.79 Å². The smallest absolute Gasteiger partial charge is 0.237 e. The van der Waals surface area contributed by atoms with Crippen molar-refractivity contribution in [3.63, 3.8) is 0 Å². The second-order valence-electron chi connectivity index (χ2n) is 3.15. The molecule has 3 N–H and O–H groups in total. The molecule has 0 spiro atoms. The second-order valence-corrected chi connectivity index (χ2v) is 3.15. The van der Waals surface area contributed by atoms with Gasteiger partial charge in [-0.3, -0.25) is 9.69 Å². The number of carbonyl (C=O) groups is 1. The van der Waals surface area contributed by atoms with Gasteiger partial charge in [0.05, 0.1) is 6.04 Å². The fourth-order valence-corrected chi connectivity index (χ4v) is 1.43. The molecular formula is C8H17N3O. The van der Waals surface area contributed by atoms with E-state index in [1.54, 1.807) is 0 Å². The average Bonchev–Trinajstić information content (AvgIpc) is 2.08. The summed E-state index contributed by atoms with van der Waals surface area (Å²) in [6.07, 6.45) is 0.970. The summed E-state index contributed by atoms with van der Waals surface area (Å²) >= 11 is 0. The maximum atomic E-state index is 11.2. The molecule has 1 rings (SSSR count). The number of amides is 1. The summed E-state index contributed by atoms with van der Waals surface area (Å²) in [5, 5.41) is 2.83. The van der Waals surface area contributed by atoms with Gasteiger partial charge in [-0.2, -0.15) is 0 Å². The van der Waals surface area contributed by atoms with Crippen LogP contribution in [0, 0.1) is 0 Å². The first-order valence-corrected chi connectivity index (χ1v) is 4.47. The maximum absolute atomic E-state index is 11.2.